The first-order chi connectivity index (χ1) is 19.4. The van der Waals surface area contributed by atoms with Crippen molar-refractivity contribution in [2.75, 3.05) is 24.2 Å². The van der Waals surface area contributed by atoms with E-state index in [-0.39, 0.29) is 40.6 Å². The molecule has 0 aliphatic heterocycles. The molecule has 220 valence electrons. The largest absolute Gasteiger partial charge is 0.497 e. The van der Waals surface area contributed by atoms with Gasteiger partial charge in [0.25, 0.3) is 0 Å². The number of benzene rings is 3. The van der Waals surface area contributed by atoms with Crippen LogP contribution in [0.3, 0.4) is 0 Å². The molecule has 0 spiro atoms. The third-order valence-electron chi connectivity index (χ3n) is 6.62. The summed E-state index contributed by atoms with van der Waals surface area (Å²) in [6.45, 7) is 3.28. The zero-order valence-electron chi connectivity index (χ0n) is 23.5. The maximum Gasteiger partial charge on any atom is 0.244 e. The lowest BCUT2D eigenvalue weighted by Crippen LogP contribution is -2.54. The highest BCUT2D eigenvalue weighted by atomic mass is 35.5. The molecule has 0 radical (unpaired) electrons. The van der Waals surface area contributed by atoms with Gasteiger partial charge in [-0.2, -0.15) is 0 Å². The number of ether oxygens (including phenoxy) is 1. The summed E-state index contributed by atoms with van der Waals surface area (Å²) in [5.74, 6) is -0.345. The van der Waals surface area contributed by atoms with Crippen molar-refractivity contribution in [3.63, 3.8) is 0 Å². The van der Waals surface area contributed by atoms with Crippen LogP contribution in [0, 0.1) is 0 Å². The molecule has 0 saturated heterocycles. The summed E-state index contributed by atoms with van der Waals surface area (Å²) in [6, 6.07) is 19.8. The number of methoxy groups -OCH3 is 1. The second-order valence-electron chi connectivity index (χ2n) is 9.76. The van der Waals surface area contributed by atoms with Crippen LogP contribution in [-0.4, -0.2) is 57.1 Å². The van der Waals surface area contributed by atoms with E-state index in [0.29, 0.717) is 17.7 Å². The van der Waals surface area contributed by atoms with E-state index in [1.54, 1.807) is 25.3 Å². The summed E-state index contributed by atoms with van der Waals surface area (Å²) in [7, 11) is -2.43. The molecule has 2 amide bonds. The molecule has 1 N–H and O–H groups in total. The minimum absolute atomic E-state index is 0.0301. The molecule has 3 aromatic carbocycles. The average molecular weight is 621 g/mol. The molecule has 8 nitrogen and oxygen atoms in total. The first kappa shape index (κ1) is 32.2. The molecular formula is C30H35Cl2N3O5S. The third kappa shape index (κ3) is 9.11. The summed E-state index contributed by atoms with van der Waals surface area (Å²) < 4.78 is 32.1. The van der Waals surface area contributed by atoms with Gasteiger partial charge in [0, 0.05) is 24.0 Å². The van der Waals surface area contributed by atoms with Crippen LogP contribution in [0.2, 0.25) is 10.0 Å². The van der Waals surface area contributed by atoms with Gasteiger partial charge in [-0.1, -0.05) is 72.6 Å². The van der Waals surface area contributed by atoms with Gasteiger partial charge in [-0.15, -0.1) is 0 Å². The summed E-state index contributed by atoms with van der Waals surface area (Å²) >= 11 is 12.5. The van der Waals surface area contributed by atoms with Gasteiger partial charge < -0.3 is 15.0 Å². The van der Waals surface area contributed by atoms with Crippen LogP contribution in [0.25, 0.3) is 0 Å². The molecule has 2 atom stereocenters. The van der Waals surface area contributed by atoms with E-state index in [1.165, 1.54) is 23.1 Å². The highest BCUT2D eigenvalue weighted by Crippen LogP contribution is 2.31. The van der Waals surface area contributed by atoms with Gasteiger partial charge in [0.05, 0.1) is 24.1 Å². The van der Waals surface area contributed by atoms with E-state index in [9.17, 15) is 18.0 Å². The number of nitrogens with zero attached hydrogens (tertiary/aromatic N) is 2. The number of sulfonamides is 1. The van der Waals surface area contributed by atoms with Gasteiger partial charge in [0.15, 0.2) is 0 Å². The maximum atomic E-state index is 14.2. The Labute approximate surface area is 252 Å². The molecule has 0 aliphatic carbocycles. The van der Waals surface area contributed by atoms with Crippen LogP contribution in [0.1, 0.15) is 31.4 Å². The minimum Gasteiger partial charge on any atom is -0.497 e. The third-order valence-corrected chi connectivity index (χ3v) is 8.30. The van der Waals surface area contributed by atoms with Crippen LogP contribution in [0.4, 0.5) is 5.69 Å². The monoisotopic (exact) mass is 619 g/mol. The summed E-state index contributed by atoms with van der Waals surface area (Å²) in [6.07, 6.45) is 1.90. The van der Waals surface area contributed by atoms with Crippen LogP contribution >= 0.6 is 23.2 Å². The number of carbonyl (C=O) groups is 2. The Morgan fingerprint density at radius 3 is 2.29 bits per heavy atom. The van der Waals surface area contributed by atoms with Crippen molar-refractivity contribution in [3.8, 4) is 5.75 Å². The van der Waals surface area contributed by atoms with Crippen LogP contribution in [-0.2, 0) is 32.6 Å². The Morgan fingerprint density at radius 2 is 1.66 bits per heavy atom. The van der Waals surface area contributed by atoms with Crippen LogP contribution < -0.4 is 14.4 Å². The molecule has 0 unspecified atom stereocenters. The number of amides is 2. The fourth-order valence-electron chi connectivity index (χ4n) is 4.23. The smallest absolute Gasteiger partial charge is 0.244 e. The van der Waals surface area contributed by atoms with Gasteiger partial charge in [0.1, 0.15) is 18.3 Å². The summed E-state index contributed by atoms with van der Waals surface area (Å²) in [4.78, 5) is 29.3. The van der Waals surface area contributed by atoms with E-state index >= 15 is 0 Å². The highest BCUT2D eigenvalue weighted by molar-refractivity contribution is 7.92. The number of rotatable bonds is 13. The van der Waals surface area contributed by atoms with Gasteiger partial charge in [-0.25, -0.2) is 8.42 Å². The SMILES string of the molecule is CC[C@@H](C)NC(=O)[C@H](Cc1ccccc1)N(Cc1cccc(OC)c1)C(=O)CN(c1cc(Cl)ccc1Cl)S(C)(=O)=O. The lowest BCUT2D eigenvalue weighted by molar-refractivity contribution is -0.140. The minimum atomic E-state index is -3.97. The van der Waals surface area contributed by atoms with Crippen molar-refractivity contribution in [1.29, 1.82) is 0 Å². The van der Waals surface area contributed by atoms with Crippen molar-refractivity contribution in [3.05, 3.63) is 94.0 Å². The Bertz CT molecular complexity index is 1450. The number of anilines is 1. The van der Waals surface area contributed by atoms with Crippen LogP contribution in [0.5, 0.6) is 5.75 Å². The van der Waals surface area contributed by atoms with Gasteiger partial charge in [-0.05, 0) is 54.8 Å². The van der Waals surface area contributed by atoms with Crippen LogP contribution in [0.15, 0.2) is 72.8 Å². The number of hydrogen-bond donors (Lipinski definition) is 1. The van der Waals surface area contributed by atoms with Crippen molar-refractivity contribution in [2.45, 2.75) is 45.3 Å². The van der Waals surface area contributed by atoms with Gasteiger partial charge >= 0.3 is 0 Å². The molecule has 11 heteroatoms. The molecule has 3 aromatic rings. The van der Waals surface area contributed by atoms with E-state index in [0.717, 1.165) is 16.1 Å². The quantitative estimate of drug-likeness (QED) is 0.279. The Kier molecular flexibility index (Phi) is 11.5. The number of nitrogens with one attached hydrogen (secondary N) is 1. The lowest BCUT2D eigenvalue weighted by atomic mass is 10.0. The van der Waals surface area contributed by atoms with Gasteiger partial charge in [-0.3, -0.25) is 13.9 Å². The lowest BCUT2D eigenvalue weighted by Gasteiger charge is -2.34. The molecule has 0 heterocycles. The predicted octanol–water partition coefficient (Wildman–Crippen LogP) is 5.32. The van der Waals surface area contributed by atoms with E-state index in [2.05, 4.69) is 5.32 Å². The molecule has 0 saturated carbocycles. The Hall–Kier alpha value is -3.27. The van der Waals surface area contributed by atoms with E-state index < -0.39 is 28.5 Å². The van der Waals surface area contributed by atoms with E-state index in [1.807, 2.05) is 50.2 Å². The highest BCUT2D eigenvalue weighted by Gasteiger charge is 2.34. The van der Waals surface area contributed by atoms with Crippen molar-refractivity contribution in [1.82, 2.24) is 10.2 Å². The number of hydrogen-bond acceptors (Lipinski definition) is 5. The molecule has 41 heavy (non-hydrogen) atoms. The maximum absolute atomic E-state index is 14.2. The average Bonchev–Trinajstić information content (AvgIpc) is 2.94. The molecule has 0 fully saturated rings. The van der Waals surface area contributed by atoms with Gasteiger partial charge in [0.2, 0.25) is 21.8 Å². The zero-order valence-corrected chi connectivity index (χ0v) is 25.8. The standard InChI is InChI=1S/C30H35Cl2N3O5S/c1-5-21(2)33-30(37)28(17-22-10-7-6-8-11-22)34(19-23-12-9-13-25(16-23)40-3)29(36)20-35(41(4,38)39)27-18-24(31)14-15-26(27)32/h6-16,18,21,28H,5,17,19-20H2,1-4H3,(H,33,37)/t21-,28+/m1/s1. The summed E-state index contributed by atoms with van der Waals surface area (Å²) in [5.41, 5.74) is 1.62. The van der Waals surface area contributed by atoms with Crippen molar-refractivity contribution < 1.29 is 22.7 Å². The Morgan fingerprint density at radius 1 is 0.976 bits per heavy atom. The fraction of sp³-hybridized carbons (Fsp3) is 0.333. The Balaban J connectivity index is 2.10. The number of carbonyl (C=O) groups excluding carboxylic acids is 2. The first-order valence-electron chi connectivity index (χ1n) is 13.1. The van der Waals surface area contributed by atoms with Crippen molar-refractivity contribution in [2.24, 2.45) is 0 Å². The van der Waals surface area contributed by atoms with E-state index in [4.69, 9.17) is 27.9 Å². The zero-order chi connectivity index (χ0) is 30.2. The molecule has 0 bridgehead atoms. The first-order valence-corrected chi connectivity index (χ1v) is 15.7. The second kappa shape index (κ2) is 14.6. The number of halogens is 2. The van der Waals surface area contributed by atoms with Crippen molar-refractivity contribution >= 4 is 50.7 Å². The predicted molar refractivity (Wildman–Crippen MR) is 164 cm³/mol. The fourth-order valence-corrected chi connectivity index (χ4v) is 5.52. The second-order valence-corrected chi connectivity index (χ2v) is 12.5. The normalized spacial score (nSPS) is 12.7. The molecular weight excluding hydrogens is 585 g/mol. The molecule has 0 aliphatic rings. The molecule has 3 rings (SSSR count). The topological polar surface area (TPSA) is 96.0 Å². The molecule has 0 aromatic heterocycles. The summed E-state index contributed by atoms with van der Waals surface area (Å²) in [5, 5.41) is 3.37.